The van der Waals surface area contributed by atoms with E-state index in [0.29, 0.717) is 5.56 Å². The SMILES string of the molecule is Cc1cc(C(=O)c2ccsc2C)ccc1N. The third-order valence-corrected chi connectivity index (χ3v) is 3.48. The highest BCUT2D eigenvalue weighted by Gasteiger charge is 2.12. The highest BCUT2D eigenvalue weighted by Crippen LogP contribution is 2.21. The number of anilines is 1. The number of ketones is 1. The molecule has 1 heterocycles. The molecule has 0 fully saturated rings. The molecular formula is C13H13NOS. The van der Waals surface area contributed by atoms with Gasteiger partial charge in [0, 0.05) is 21.7 Å². The van der Waals surface area contributed by atoms with E-state index < -0.39 is 0 Å². The molecule has 0 aliphatic heterocycles. The molecular weight excluding hydrogens is 218 g/mol. The molecule has 2 N–H and O–H groups in total. The summed E-state index contributed by atoms with van der Waals surface area (Å²) in [5, 5.41) is 1.94. The number of rotatable bonds is 2. The van der Waals surface area contributed by atoms with Gasteiger partial charge in [-0.05, 0) is 49.1 Å². The lowest BCUT2D eigenvalue weighted by Crippen LogP contribution is -2.02. The lowest BCUT2D eigenvalue weighted by atomic mass is 10.0. The van der Waals surface area contributed by atoms with E-state index in [1.165, 1.54) is 0 Å². The van der Waals surface area contributed by atoms with Crippen LogP contribution in [0.3, 0.4) is 0 Å². The second-order valence-electron chi connectivity index (χ2n) is 3.79. The highest BCUT2D eigenvalue weighted by molar-refractivity contribution is 7.10. The normalized spacial score (nSPS) is 10.4. The van der Waals surface area contributed by atoms with Crippen LogP contribution in [-0.4, -0.2) is 5.78 Å². The van der Waals surface area contributed by atoms with E-state index in [-0.39, 0.29) is 5.78 Å². The minimum Gasteiger partial charge on any atom is -0.399 e. The lowest BCUT2D eigenvalue weighted by molar-refractivity contribution is 0.103. The number of carbonyl (C=O) groups is 1. The van der Waals surface area contributed by atoms with Crippen molar-refractivity contribution in [2.24, 2.45) is 0 Å². The maximum Gasteiger partial charge on any atom is 0.194 e. The maximum atomic E-state index is 12.2. The van der Waals surface area contributed by atoms with Crippen molar-refractivity contribution in [3.05, 3.63) is 51.2 Å². The number of nitrogens with two attached hydrogens (primary N) is 1. The molecule has 0 saturated carbocycles. The van der Waals surface area contributed by atoms with Gasteiger partial charge < -0.3 is 5.73 Å². The van der Waals surface area contributed by atoms with E-state index in [9.17, 15) is 4.79 Å². The van der Waals surface area contributed by atoms with E-state index in [4.69, 9.17) is 5.73 Å². The summed E-state index contributed by atoms with van der Waals surface area (Å²) in [5.74, 6) is 0.0712. The smallest absolute Gasteiger partial charge is 0.194 e. The van der Waals surface area contributed by atoms with E-state index in [0.717, 1.165) is 21.7 Å². The Bertz CT molecular complexity index is 543. The zero-order chi connectivity index (χ0) is 11.7. The number of hydrogen-bond acceptors (Lipinski definition) is 3. The van der Waals surface area contributed by atoms with Gasteiger partial charge in [0.15, 0.2) is 5.78 Å². The first-order valence-corrected chi connectivity index (χ1v) is 5.92. The minimum atomic E-state index is 0.0712. The zero-order valence-electron chi connectivity index (χ0n) is 9.28. The van der Waals surface area contributed by atoms with Crippen LogP contribution in [0, 0.1) is 13.8 Å². The van der Waals surface area contributed by atoms with Crippen molar-refractivity contribution >= 4 is 22.8 Å². The Morgan fingerprint density at radius 3 is 2.56 bits per heavy atom. The molecule has 2 aromatic rings. The standard InChI is InChI=1S/C13H13NOS/c1-8-7-10(3-4-12(8)14)13(15)11-5-6-16-9(11)2/h3-7H,14H2,1-2H3. The van der Waals surface area contributed by atoms with Crippen molar-refractivity contribution in [2.45, 2.75) is 13.8 Å². The van der Waals surface area contributed by atoms with Crippen molar-refractivity contribution in [1.29, 1.82) is 0 Å². The van der Waals surface area contributed by atoms with Gasteiger partial charge in [-0.2, -0.15) is 0 Å². The fourth-order valence-electron chi connectivity index (χ4n) is 1.59. The number of thiophene rings is 1. The fraction of sp³-hybridized carbons (Fsp3) is 0.154. The summed E-state index contributed by atoms with van der Waals surface area (Å²) in [7, 11) is 0. The van der Waals surface area contributed by atoms with Gasteiger partial charge >= 0.3 is 0 Å². The second kappa shape index (κ2) is 4.10. The van der Waals surface area contributed by atoms with Gasteiger partial charge in [0.05, 0.1) is 0 Å². The molecule has 1 aromatic carbocycles. The molecule has 16 heavy (non-hydrogen) atoms. The van der Waals surface area contributed by atoms with Gasteiger partial charge in [-0.25, -0.2) is 0 Å². The van der Waals surface area contributed by atoms with Gasteiger partial charge in [0.1, 0.15) is 0 Å². The lowest BCUT2D eigenvalue weighted by Gasteiger charge is -2.04. The molecule has 1 aromatic heterocycles. The molecule has 82 valence electrons. The summed E-state index contributed by atoms with van der Waals surface area (Å²) in [6, 6.07) is 7.27. The summed E-state index contributed by atoms with van der Waals surface area (Å²) in [6.07, 6.45) is 0. The molecule has 0 aliphatic rings. The first-order valence-electron chi connectivity index (χ1n) is 5.04. The van der Waals surface area contributed by atoms with Crippen LogP contribution >= 0.6 is 11.3 Å². The number of benzene rings is 1. The second-order valence-corrected chi connectivity index (χ2v) is 4.91. The zero-order valence-corrected chi connectivity index (χ0v) is 10.1. The fourth-order valence-corrected chi connectivity index (χ4v) is 2.29. The predicted octanol–water partition coefficient (Wildman–Crippen LogP) is 3.18. The van der Waals surface area contributed by atoms with Crippen LogP contribution in [0.4, 0.5) is 5.69 Å². The molecule has 2 rings (SSSR count). The first-order chi connectivity index (χ1) is 7.59. The summed E-state index contributed by atoms with van der Waals surface area (Å²) in [5.41, 5.74) is 8.88. The van der Waals surface area contributed by atoms with E-state index in [1.54, 1.807) is 23.5 Å². The highest BCUT2D eigenvalue weighted by atomic mass is 32.1. The van der Waals surface area contributed by atoms with Crippen molar-refractivity contribution in [3.8, 4) is 0 Å². The van der Waals surface area contributed by atoms with Crippen LogP contribution in [0.1, 0.15) is 26.4 Å². The van der Waals surface area contributed by atoms with Gasteiger partial charge in [-0.3, -0.25) is 4.79 Å². The maximum absolute atomic E-state index is 12.2. The van der Waals surface area contributed by atoms with Crippen molar-refractivity contribution in [3.63, 3.8) is 0 Å². The van der Waals surface area contributed by atoms with Crippen molar-refractivity contribution < 1.29 is 4.79 Å². The van der Waals surface area contributed by atoms with Crippen molar-refractivity contribution in [1.82, 2.24) is 0 Å². The van der Waals surface area contributed by atoms with Gasteiger partial charge in [0.25, 0.3) is 0 Å². The van der Waals surface area contributed by atoms with Crippen molar-refractivity contribution in [2.75, 3.05) is 5.73 Å². The third kappa shape index (κ3) is 1.86. The molecule has 0 radical (unpaired) electrons. The largest absolute Gasteiger partial charge is 0.399 e. The Morgan fingerprint density at radius 1 is 1.25 bits per heavy atom. The molecule has 3 heteroatoms. The molecule has 2 nitrogen and oxygen atoms in total. The topological polar surface area (TPSA) is 43.1 Å². The average Bonchev–Trinajstić information content (AvgIpc) is 2.67. The van der Waals surface area contributed by atoms with Crippen LogP contribution in [0.5, 0.6) is 0 Å². The first kappa shape index (κ1) is 10.9. The van der Waals surface area contributed by atoms with Crippen LogP contribution in [0.25, 0.3) is 0 Å². The molecule has 0 atom stereocenters. The van der Waals surface area contributed by atoms with Gasteiger partial charge in [-0.15, -0.1) is 11.3 Å². The van der Waals surface area contributed by atoms with E-state index in [1.807, 2.05) is 31.4 Å². The van der Waals surface area contributed by atoms with E-state index in [2.05, 4.69) is 0 Å². The molecule has 0 unspecified atom stereocenters. The Labute approximate surface area is 98.7 Å². The van der Waals surface area contributed by atoms with Gasteiger partial charge in [-0.1, -0.05) is 0 Å². The summed E-state index contributed by atoms with van der Waals surface area (Å²) < 4.78 is 0. The summed E-state index contributed by atoms with van der Waals surface area (Å²) in [6.45, 7) is 3.87. The predicted molar refractivity (Wildman–Crippen MR) is 68.1 cm³/mol. The molecule has 0 aliphatic carbocycles. The van der Waals surface area contributed by atoms with Crippen LogP contribution in [0.15, 0.2) is 29.6 Å². The molecule has 0 saturated heterocycles. The van der Waals surface area contributed by atoms with E-state index >= 15 is 0 Å². The number of nitrogen functional groups attached to an aromatic ring is 1. The summed E-state index contributed by atoms with van der Waals surface area (Å²) in [4.78, 5) is 13.2. The number of carbonyl (C=O) groups excluding carboxylic acids is 1. The minimum absolute atomic E-state index is 0.0712. The summed E-state index contributed by atoms with van der Waals surface area (Å²) >= 11 is 1.59. The quantitative estimate of drug-likeness (QED) is 0.637. The Kier molecular flexibility index (Phi) is 2.79. The molecule has 0 amide bonds. The average molecular weight is 231 g/mol. The van der Waals surface area contributed by atoms with Crippen LogP contribution in [-0.2, 0) is 0 Å². The monoisotopic (exact) mass is 231 g/mol. The van der Waals surface area contributed by atoms with Gasteiger partial charge in [0.2, 0.25) is 0 Å². The van der Waals surface area contributed by atoms with Crippen LogP contribution in [0.2, 0.25) is 0 Å². The molecule has 0 bridgehead atoms. The van der Waals surface area contributed by atoms with Crippen LogP contribution < -0.4 is 5.73 Å². The number of aryl methyl sites for hydroxylation is 2. The Balaban J connectivity index is 2.42. The Morgan fingerprint density at radius 2 is 2.00 bits per heavy atom. The Hall–Kier alpha value is -1.61. The third-order valence-electron chi connectivity index (χ3n) is 2.64. The number of hydrogen-bond donors (Lipinski definition) is 1. The molecule has 0 spiro atoms.